The fourth-order valence-corrected chi connectivity index (χ4v) is 3.14. The maximum absolute atomic E-state index is 12.1. The SMILES string of the molecule is Cc1cc(C)c2oc(-c3cccc(NC(=S)NC(=O)C(C)(C)C)c3C)nc2c1. The molecule has 0 radical (unpaired) electrons. The quantitative estimate of drug-likeness (QED) is 0.578. The van der Waals surface area contributed by atoms with E-state index in [4.69, 9.17) is 16.6 Å². The van der Waals surface area contributed by atoms with E-state index in [9.17, 15) is 4.79 Å². The lowest BCUT2D eigenvalue weighted by molar-refractivity contribution is -0.126. The average Bonchev–Trinajstić information content (AvgIpc) is 2.99. The first kappa shape index (κ1) is 20.0. The number of aromatic nitrogens is 1. The van der Waals surface area contributed by atoms with Crippen molar-refractivity contribution in [1.82, 2.24) is 10.3 Å². The van der Waals surface area contributed by atoms with Gasteiger partial charge in [0.1, 0.15) is 5.52 Å². The molecule has 2 aromatic carbocycles. The van der Waals surface area contributed by atoms with Crippen LogP contribution >= 0.6 is 12.2 Å². The normalized spacial score (nSPS) is 11.5. The number of oxazole rings is 1. The van der Waals surface area contributed by atoms with E-state index in [0.29, 0.717) is 5.89 Å². The van der Waals surface area contributed by atoms with Crippen LogP contribution in [-0.2, 0) is 4.79 Å². The van der Waals surface area contributed by atoms with E-state index >= 15 is 0 Å². The third-order valence-electron chi connectivity index (χ3n) is 4.54. The van der Waals surface area contributed by atoms with Crippen molar-refractivity contribution in [3.8, 4) is 11.5 Å². The number of hydrogen-bond acceptors (Lipinski definition) is 4. The first-order valence-corrected chi connectivity index (χ1v) is 9.57. The van der Waals surface area contributed by atoms with Gasteiger partial charge in [-0.3, -0.25) is 4.79 Å². The largest absolute Gasteiger partial charge is 0.436 e. The molecule has 0 atom stereocenters. The Hall–Kier alpha value is -2.73. The van der Waals surface area contributed by atoms with Gasteiger partial charge in [0, 0.05) is 16.7 Å². The molecule has 0 spiro atoms. The third-order valence-corrected chi connectivity index (χ3v) is 4.74. The molecule has 0 aliphatic rings. The van der Waals surface area contributed by atoms with Gasteiger partial charge < -0.3 is 15.1 Å². The zero-order chi connectivity index (χ0) is 20.6. The van der Waals surface area contributed by atoms with Gasteiger partial charge in [0.2, 0.25) is 11.8 Å². The average molecular weight is 396 g/mol. The summed E-state index contributed by atoms with van der Waals surface area (Å²) in [5, 5.41) is 6.11. The fraction of sp³-hybridized carbons (Fsp3) is 0.318. The summed E-state index contributed by atoms with van der Waals surface area (Å²) in [6, 6.07) is 9.88. The van der Waals surface area contributed by atoms with Crippen LogP contribution in [-0.4, -0.2) is 16.0 Å². The van der Waals surface area contributed by atoms with Crippen molar-refractivity contribution in [3.05, 3.63) is 47.0 Å². The maximum atomic E-state index is 12.1. The molecule has 6 heteroatoms. The van der Waals surface area contributed by atoms with Crippen LogP contribution in [0.25, 0.3) is 22.6 Å². The molecule has 2 N–H and O–H groups in total. The van der Waals surface area contributed by atoms with E-state index in [2.05, 4.69) is 21.7 Å². The highest BCUT2D eigenvalue weighted by atomic mass is 32.1. The van der Waals surface area contributed by atoms with Crippen LogP contribution in [0.5, 0.6) is 0 Å². The minimum absolute atomic E-state index is 0.136. The van der Waals surface area contributed by atoms with Gasteiger partial charge in [0.25, 0.3) is 0 Å². The van der Waals surface area contributed by atoms with E-state index in [1.807, 2.05) is 65.8 Å². The molecule has 5 nitrogen and oxygen atoms in total. The number of nitrogens with zero attached hydrogens (tertiary/aromatic N) is 1. The molecule has 0 bridgehead atoms. The number of anilines is 1. The minimum Gasteiger partial charge on any atom is -0.436 e. The number of fused-ring (bicyclic) bond motifs is 1. The number of rotatable bonds is 2. The van der Waals surface area contributed by atoms with Gasteiger partial charge >= 0.3 is 0 Å². The lowest BCUT2D eigenvalue weighted by atomic mass is 9.96. The second-order valence-corrected chi connectivity index (χ2v) is 8.49. The Kier molecular flexibility index (Phi) is 5.26. The monoisotopic (exact) mass is 395 g/mol. The Morgan fingerprint density at radius 2 is 1.86 bits per heavy atom. The second-order valence-electron chi connectivity index (χ2n) is 8.09. The standard InChI is InChI=1S/C22H25N3O2S/c1-12-10-13(2)18-17(11-12)23-19(27-18)15-8-7-9-16(14(15)3)24-21(28)25-20(26)22(4,5)6/h7-11H,1-6H3,(H2,24,25,26,28). The van der Waals surface area contributed by atoms with Gasteiger partial charge in [-0.25, -0.2) is 4.98 Å². The molecule has 146 valence electrons. The van der Waals surface area contributed by atoms with Crippen molar-refractivity contribution >= 4 is 40.0 Å². The molecule has 28 heavy (non-hydrogen) atoms. The summed E-state index contributed by atoms with van der Waals surface area (Å²) in [4.78, 5) is 16.8. The summed E-state index contributed by atoms with van der Waals surface area (Å²) >= 11 is 5.30. The Morgan fingerprint density at radius 3 is 2.54 bits per heavy atom. The molecular formula is C22H25N3O2S. The smallest absolute Gasteiger partial charge is 0.231 e. The van der Waals surface area contributed by atoms with Crippen LogP contribution in [0.2, 0.25) is 0 Å². The minimum atomic E-state index is -0.517. The van der Waals surface area contributed by atoms with Crippen molar-refractivity contribution in [2.45, 2.75) is 41.5 Å². The number of amides is 1. The van der Waals surface area contributed by atoms with Crippen molar-refractivity contribution in [1.29, 1.82) is 0 Å². The van der Waals surface area contributed by atoms with Gasteiger partial charge in [-0.05, 0) is 67.9 Å². The van der Waals surface area contributed by atoms with Gasteiger partial charge in [0.15, 0.2) is 10.7 Å². The second kappa shape index (κ2) is 7.36. The number of thiocarbonyl (C=S) groups is 1. The van der Waals surface area contributed by atoms with E-state index in [-0.39, 0.29) is 11.0 Å². The van der Waals surface area contributed by atoms with Gasteiger partial charge in [-0.15, -0.1) is 0 Å². The molecule has 0 fully saturated rings. The molecule has 1 aromatic heterocycles. The predicted octanol–water partition coefficient (Wildman–Crippen LogP) is 5.28. The third kappa shape index (κ3) is 4.07. The Balaban J connectivity index is 1.90. The molecule has 0 unspecified atom stereocenters. The topological polar surface area (TPSA) is 67.2 Å². The molecule has 0 saturated carbocycles. The first-order chi connectivity index (χ1) is 13.1. The highest BCUT2D eigenvalue weighted by Gasteiger charge is 2.22. The number of benzene rings is 2. The first-order valence-electron chi connectivity index (χ1n) is 9.16. The Labute approximate surface area is 170 Å². The molecule has 3 rings (SSSR count). The molecule has 1 amide bonds. The molecule has 1 heterocycles. The van der Waals surface area contributed by atoms with E-state index in [1.54, 1.807) is 0 Å². The molecular weight excluding hydrogens is 370 g/mol. The van der Waals surface area contributed by atoms with Crippen LogP contribution in [0.3, 0.4) is 0 Å². The van der Waals surface area contributed by atoms with Gasteiger partial charge in [0.05, 0.1) is 0 Å². The zero-order valence-corrected chi connectivity index (χ0v) is 17.9. The predicted molar refractivity (Wildman–Crippen MR) is 117 cm³/mol. The summed E-state index contributed by atoms with van der Waals surface area (Å²) < 4.78 is 6.05. The van der Waals surface area contributed by atoms with Gasteiger partial charge in [-0.2, -0.15) is 0 Å². The fourth-order valence-electron chi connectivity index (χ4n) is 2.94. The van der Waals surface area contributed by atoms with Crippen LogP contribution in [0.1, 0.15) is 37.5 Å². The number of hydrogen-bond donors (Lipinski definition) is 2. The molecule has 0 aliphatic carbocycles. The highest BCUT2D eigenvalue weighted by Crippen LogP contribution is 2.32. The molecule has 3 aromatic rings. The zero-order valence-electron chi connectivity index (χ0n) is 17.1. The maximum Gasteiger partial charge on any atom is 0.231 e. The van der Waals surface area contributed by atoms with Crippen LogP contribution < -0.4 is 10.6 Å². The van der Waals surface area contributed by atoms with E-state index in [0.717, 1.165) is 39.0 Å². The van der Waals surface area contributed by atoms with Crippen molar-refractivity contribution < 1.29 is 9.21 Å². The highest BCUT2D eigenvalue weighted by molar-refractivity contribution is 7.80. The van der Waals surface area contributed by atoms with Crippen LogP contribution in [0.15, 0.2) is 34.7 Å². The van der Waals surface area contributed by atoms with Crippen molar-refractivity contribution in [2.24, 2.45) is 5.41 Å². The summed E-state index contributed by atoms with van der Waals surface area (Å²) in [7, 11) is 0. The number of nitrogens with one attached hydrogen (secondary N) is 2. The summed E-state index contributed by atoms with van der Waals surface area (Å²) in [5.74, 6) is 0.429. The Bertz CT molecular complexity index is 1080. The Morgan fingerprint density at radius 1 is 1.14 bits per heavy atom. The van der Waals surface area contributed by atoms with E-state index < -0.39 is 5.41 Å². The molecule has 0 aliphatic heterocycles. The van der Waals surface area contributed by atoms with Crippen molar-refractivity contribution in [2.75, 3.05) is 5.32 Å². The lowest BCUT2D eigenvalue weighted by Crippen LogP contribution is -2.41. The van der Waals surface area contributed by atoms with Crippen LogP contribution in [0, 0.1) is 26.2 Å². The summed E-state index contributed by atoms with van der Waals surface area (Å²) in [6.07, 6.45) is 0. The van der Waals surface area contributed by atoms with E-state index in [1.165, 1.54) is 0 Å². The lowest BCUT2D eigenvalue weighted by Gasteiger charge is -2.19. The molecule has 0 saturated heterocycles. The van der Waals surface area contributed by atoms with Gasteiger partial charge in [-0.1, -0.05) is 32.9 Å². The number of aryl methyl sites for hydroxylation is 2. The van der Waals surface area contributed by atoms with Crippen molar-refractivity contribution in [3.63, 3.8) is 0 Å². The number of carbonyl (C=O) groups excluding carboxylic acids is 1. The van der Waals surface area contributed by atoms with Crippen LogP contribution in [0.4, 0.5) is 5.69 Å². The number of carbonyl (C=O) groups is 1. The summed E-state index contributed by atoms with van der Waals surface area (Å²) in [6.45, 7) is 11.6. The summed E-state index contributed by atoms with van der Waals surface area (Å²) in [5.41, 5.74) is 5.95.